The normalized spacial score (nSPS) is 15.1. The number of pyridine rings is 1. The van der Waals surface area contributed by atoms with Crippen molar-refractivity contribution in [1.82, 2.24) is 29.0 Å². The quantitative estimate of drug-likeness (QED) is 0.311. The van der Waals surface area contributed by atoms with Gasteiger partial charge in [0.25, 0.3) is 5.91 Å². The summed E-state index contributed by atoms with van der Waals surface area (Å²) in [5.74, 6) is -0.863. The molecule has 0 radical (unpaired) electrons. The largest absolute Gasteiger partial charge is 0.366 e. The third kappa shape index (κ3) is 5.11. The number of benzene rings is 1. The Hall–Kier alpha value is -5.12. The summed E-state index contributed by atoms with van der Waals surface area (Å²) in [5.41, 5.74) is 11.6. The fourth-order valence-corrected chi connectivity index (χ4v) is 5.43. The lowest BCUT2D eigenvalue weighted by molar-refractivity contribution is -0.139. The van der Waals surface area contributed by atoms with Crippen LogP contribution in [0.25, 0.3) is 27.7 Å². The molecule has 2 amide bonds. The fraction of sp³-hybridized carbons (Fsp3) is 0.226. The summed E-state index contributed by atoms with van der Waals surface area (Å²) < 4.78 is 3.44. The van der Waals surface area contributed by atoms with E-state index in [0.29, 0.717) is 35.1 Å². The van der Waals surface area contributed by atoms with E-state index in [1.165, 1.54) is 0 Å². The van der Waals surface area contributed by atoms with Crippen molar-refractivity contribution in [3.63, 3.8) is 0 Å². The lowest BCUT2D eigenvalue weighted by atomic mass is 9.99. The van der Waals surface area contributed by atoms with Crippen LogP contribution >= 0.6 is 0 Å². The molecule has 0 fully saturated rings. The van der Waals surface area contributed by atoms with Crippen LogP contribution in [-0.2, 0) is 22.6 Å². The van der Waals surface area contributed by atoms with E-state index in [9.17, 15) is 14.4 Å². The number of fused-ring (bicyclic) bond motifs is 2. The number of aromatic nitrogens is 5. The number of hydrogen-bond donors (Lipinski definition) is 1. The molecule has 10 nitrogen and oxygen atoms in total. The van der Waals surface area contributed by atoms with Gasteiger partial charge >= 0.3 is 0 Å². The van der Waals surface area contributed by atoms with E-state index in [1.54, 1.807) is 26.4 Å². The van der Waals surface area contributed by atoms with Gasteiger partial charge in [-0.1, -0.05) is 24.3 Å². The minimum Gasteiger partial charge on any atom is -0.366 e. The Balaban J connectivity index is 1.28. The van der Waals surface area contributed by atoms with E-state index in [-0.39, 0.29) is 24.7 Å². The molecule has 0 spiro atoms. The van der Waals surface area contributed by atoms with E-state index in [4.69, 9.17) is 5.73 Å². The molecule has 0 saturated carbocycles. The highest BCUT2D eigenvalue weighted by molar-refractivity contribution is 6.07. The average molecular weight is 548 g/mol. The Morgan fingerprint density at radius 3 is 2.66 bits per heavy atom. The number of carbonyl (C=O) groups excluding carboxylic acids is 3. The molecular formula is C31H29N7O3. The molecule has 10 heteroatoms. The molecule has 4 aromatic heterocycles. The molecule has 0 unspecified atom stereocenters. The fourth-order valence-electron chi connectivity index (χ4n) is 5.43. The highest BCUT2D eigenvalue weighted by Gasteiger charge is 2.30. The van der Waals surface area contributed by atoms with Gasteiger partial charge in [0.2, 0.25) is 5.91 Å². The second-order valence-electron chi connectivity index (χ2n) is 10.4. The van der Waals surface area contributed by atoms with E-state index in [2.05, 4.69) is 15.1 Å². The standard InChI is InChI=1S/C31H29N7O3/c1-19-6-5-7-23(34-19)14-28(39)27-8-3-4-11-37(27)30(40)18-36-17-25(31(32)41)24-13-21(9-10-26(24)36)22-15-33-29-12-20(2)35-38(29)16-22/h3-7,9-10,12-13,15-17,27H,8,11,14,18H2,1-2H3,(H2,32,41)/t27-/m0/s1. The van der Waals surface area contributed by atoms with Gasteiger partial charge in [0, 0.05) is 59.1 Å². The van der Waals surface area contributed by atoms with Crippen LogP contribution in [0.2, 0.25) is 0 Å². The summed E-state index contributed by atoms with van der Waals surface area (Å²) in [4.78, 5) is 49.8. The van der Waals surface area contributed by atoms with Gasteiger partial charge < -0.3 is 15.2 Å². The minimum absolute atomic E-state index is 0.0382. The van der Waals surface area contributed by atoms with Crippen molar-refractivity contribution in [2.45, 2.75) is 39.3 Å². The number of ketones is 1. The number of carbonyl (C=O) groups is 3. The Kier molecular flexibility index (Phi) is 6.66. The molecule has 1 aromatic carbocycles. The van der Waals surface area contributed by atoms with Crippen molar-refractivity contribution in [1.29, 1.82) is 0 Å². The van der Waals surface area contributed by atoms with Crippen molar-refractivity contribution in [3.8, 4) is 11.1 Å². The number of hydrogen-bond acceptors (Lipinski definition) is 6. The predicted molar refractivity (Wildman–Crippen MR) is 154 cm³/mol. The van der Waals surface area contributed by atoms with Crippen molar-refractivity contribution in [2.24, 2.45) is 5.73 Å². The summed E-state index contributed by atoms with van der Waals surface area (Å²) in [7, 11) is 0. The van der Waals surface area contributed by atoms with Crippen molar-refractivity contribution < 1.29 is 14.4 Å². The van der Waals surface area contributed by atoms with Crippen LogP contribution in [0, 0.1) is 13.8 Å². The molecule has 1 aliphatic heterocycles. The summed E-state index contributed by atoms with van der Waals surface area (Å²) >= 11 is 0. The maximum Gasteiger partial charge on any atom is 0.250 e. The second kappa shape index (κ2) is 10.5. The zero-order valence-corrected chi connectivity index (χ0v) is 22.8. The maximum absolute atomic E-state index is 13.6. The zero-order chi connectivity index (χ0) is 28.7. The van der Waals surface area contributed by atoms with Gasteiger partial charge in [0.15, 0.2) is 11.4 Å². The molecule has 0 bridgehead atoms. The molecule has 6 rings (SSSR count). The van der Waals surface area contributed by atoms with Crippen LogP contribution in [0.15, 0.2) is 73.2 Å². The number of Topliss-reactive ketones (excluding diaryl/α,β-unsaturated/α-hetero) is 1. The van der Waals surface area contributed by atoms with Gasteiger partial charge in [-0.05, 0) is 50.1 Å². The molecule has 5 heterocycles. The lowest BCUT2D eigenvalue weighted by Crippen LogP contribution is -2.48. The molecule has 0 aliphatic carbocycles. The van der Waals surface area contributed by atoms with Gasteiger partial charge in [-0.3, -0.25) is 19.4 Å². The number of primary amides is 1. The molecular weight excluding hydrogens is 518 g/mol. The third-order valence-electron chi connectivity index (χ3n) is 7.42. The molecule has 1 aliphatic rings. The number of aryl methyl sites for hydroxylation is 2. The van der Waals surface area contributed by atoms with Crippen LogP contribution in [0.4, 0.5) is 0 Å². The monoisotopic (exact) mass is 547 g/mol. The van der Waals surface area contributed by atoms with Gasteiger partial charge in [-0.15, -0.1) is 0 Å². The Morgan fingerprint density at radius 1 is 1.00 bits per heavy atom. The third-order valence-corrected chi connectivity index (χ3v) is 7.42. The van der Waals surface area contributed by atoms with Crippen molar-refractivity contribution in [3.05, 3.63) is 95.9 Å². The van der Waals surface area contributed by atoms with Gasteiger partial charge in [0.1, 0.15) is 6.54 Å². The van der Waals surface area contributed by atoms with E-state index >= 15 is 0 Å². The van der Waals surface area contributed by atoms with Crippen LogP contribution in [0.1, 0.15) is 33.9 Å². The molecule has 5 aromatic rings. The van der Waals surface area contributed by atoms with Crippen LogP contribution in [0.5, 0.6) is 0 Å². The number of rotatable bonds is 7. The number of nitrogens with zero attached hydrogens (tertiary/aromatic N) is 6. The topological polar surface area (TPSA) is 128 Å². The molecule has 41 heavy (non-hydrogen) atoms. The second-order valence-corrected chi connectivity index (χ2v) is 10.4. The highest BCUT2D eigenvalue weighted by Crippen LogP contribution is 2.28. The highest BCUT2D eigenvalue weighted by atomic mass is 16.2. The molecule has 0 saturated heterocycles. The minimum atomic E-state index is -0.589. The van der Waals surface area contributed by atoms with Gasteiger partial charge in [-0.2, -0.15) is 5.10 Å². The Bertz CT molecular complexity index is 1870. The maximum atomic E-state index is 13.6. The summed E-state index contributed by atoms with van der Waals surface area (Å²) in [6, 6.07) is 12.6. The van der Waals surface area contributed by atoms with Crippen molar-refractivity contribution >= 4 is 34.1 Å². The Labute approximate surface area is 236 Å². The van der Waals surface area contributed by atoms with E-state index in [1.807, 2.05) is 74.7 Å². The zero-order valence-electron chi connectivity index (χ0n) is 22.8. The van der Waals surface area contributed by atoms with Gasteiger partial charge in [0.05, 0.1) is 23.7 Å². The summed E-state index contributed by atoms with van der Waals surface area (Å²) in [6.45, 7) is 4.09. The number of nitrogens with two attached hydrogens (primary N) is 1. The van der Waals surface area contributed by atoms with E-state index in [0.717, 1.165) is 28.2 Å². The van der Waals surface area contributed by atoms with Crippen LogP contribution in [0.3, 0.4) is 0 Å². The summed E-state index contributed by atoms with van der Waals surface area (Å²) in [6.07, 6.45) is 9.69. The van der Waals surface area contributed by atoms with Crippen molar-refractivity contribution in [2.75, 3.05) is 6.54 Å². The lowest BCUT2D eigenvalue weighted by Gasteiger charge is -2.32. The predicted octanol–water partition coefficient (Wildman–Crippen LogP) is 3.43. The number of amides is 2. The van der Waals surface area contributed by atoms with E-state index < -0.39 is 11.9 Å². The van der Waals surface area contributed by atoms with Crippen LogP contribution < -0.4 is 5.73 Å². The average Bonchev–Trinajstić information content (AvgIpc) is 3.51. The smallest absolute Gasteiger partial charge is 0.250 e. The first-order chi connectivity index (χ1) is 19.8. The Morgan fingerprint density at radius 2 is 1.85 bits per heavy atom. The SMILES string of the molecule is Cc1cccc(CC(=O)[C@@H]2CC=CCN2C(=O)Cn2cc(C(N)=O)c3cc(-c4cnc5cc(C)nn5c4)ccc32)n1. The molecule has 2 N–H and O–H groups in total. The molecule has 1 atom stereocenters. The first kappa shape index (κ1) is 26.1. The summed E-state index contributed by atoms with van der Waals surface area (Å²) in [5, 5.41) is 5.07. The first-order valence-electron chi connectivity index (χ1n) is 13.4. The molecule has 206 valence electrons. The first-order valence-corrected chi connectivity index (χ1v) is 13.4. The van der Waals surface area contributed by atoms with Crippen LogP contribution in [-0.4, -0.2) is 59.2 Å². The van der Waals surface area contributed by atoms with Gasteiger partial charge in [-0.25, -0.2) is 9.50 Å².